The molecule has 5 nitrogen and oxygen atoms in total. The smallest absolute Gasteiger partial charge is 0.242 e. The van der Waals surface area contributed by atoms with Crippen LogP contribution in [0.5, 0.6) is 0 Å². The van der Waals surface area contributed by atoms with Crippen LogP contribution in [0.2, 0.25) is 0 Å². The summed E-state index contributed by atoms with van der Waals surface area (Å²) in [5.74, 6) is 0.327. The summed E-state index contributed by atoms with van der Waals surface area (Å²) in [6.07, 6.45) is 4.06. The minimum atomic E-state index is -0.320. The molecule has 0 radical (unpaired) electrons. The van der Waals surface area contributed by atoms with Gasteiger partial charge in [0.2, 0.25) is 11.8 Å². The van der Waals surface area contributed by atoms with E-state index >= 15 is 0 Å². The zero-order valence-corrected chi connectivity index (χ0v) is 11.7. The predicted octanol–water partition coefficient (Wildman–Crippen LogP) is 0.911. The van der Waals surface area contributed by atoms with E-state index in [-0.39, 0.29) is 17.9 Å². The molecule has 1 saturated heterocycles. The largest absolute Gasteiger partial charge is 0.353 e. The van der Waals surface area contributed by atoms with Crippen LogP contribution in [0.25, 0.3) is 0 Å². The lowest BCUT2D eigenvalue weighted by Crippen LogP contribution is -2.57. The number of hydrogen-bond acceptors (Lipinski definition) is 4. The number of thioether (sulfide) groups is 1. The van der Waals surface area contributed by atoms with E-state index in [1.54, 1.807) is 17.3 Å². The van der Waals surface area contributed by atoms with Crippen molar-refractivity contribution in [2.75, 3.05) is 18.8 Å². The number of pyridine rings is 1. The lowest BCUT2D eigenvalue weighted by molar-refractivity contribution is -0.141. The molecule has 2 rings (SSSR count). The maximum atomic E-state index is 12.2. The van der Waals surface area contributed by atoms with E-state index in [0.29, 0.717) is 25.3 Å². The molecular formula is C13H17N3O2S. The van der Waals surface area contributed by atoms with Gasteiger partial charge in [0, 0.05) is 30.4 Å². The summed E-state index contributed by atoms with van der Waals surface area (Å²) in [7, 11) is 0. The molecule has 1 atom stereocenters. The minimum Gasteiger partial charge on any atom is -0.353 e. The Morgan fingerprint density at radius 3 is 2.95 bits per heavy atom. The summed E-state index contributed by atoms with van der Waals surface area (Å²) >= 11 is 1.47. The number of nitrogens with zero attached hydrogens (tertiary/aromatic N) is 2. The zero-order valence-electron chi connectivity index (χ0n) is 10.8. The number of amides is 2. The van der Waals surface area contributed by atoms with Gasteiger partial charge in [-0.1, -0.05) is 6.92 Å². The van der Waals surface area contributed by atoms with Crippen molar-refractivity contribution in [2.45, 2.75) is 24.3 Å². The van der Waals surface area contributed by atoms with Crippen molar-refractivity contribution < 1.29 is 9.59 Å². The molecule has 2 heterocycles. The highest BCUT2D eigenvalue weighted by Gasteiger charge is 2.31. The second-order valence-electron chi connectivity index (χ2n) is 4.27. The van der Waals surface area contributed by atoms with Gasteiger partial charge in [-0.05, 0) is 18.6 Å². The molecule has 1 aromatic heterocycles. The Bertz CT molecular complexity index is 452. The van der Waals surface area contributed by atoms with Gasteiger partial charge < -0.3 is 10.2 Å². The molecule has 1 fully saturated rings. The summed E-state index contributed by atoms with van der Waals surface area (Å²) in [6.45, 7) is 3.06. The first-order valence-electron chi connectivity index (χ1n) is 6.32. The molecule has 1 N–H and O–H groups in total. The Balaban J connectivity index is 1.93. The molecule has 0 aromatic carbocycles. The monoisotopic (exact) mass is 279 g/mol. The van der Waals surface area contributed by atoms with Gasteiger partial charge in [0.25, 0.3) is 0 Å². The van der Waals surface area contributed by atoms with Crippen molar-refractivity contribution in [3.8, 4) is 0 Å². The highest BCUT2D eigenvalue weighted by Crippen LogP contribution is 2.18. The fraction of sp³-hybridized carbons (Fsp3) is 0.462. The third kappa shape index (κ3) is 3.47. The summed E-state index contributed by atoms with van der Waals surface area (Å²) in [5, 5.41) is 2.79. The molecule has 1 aliphatic heterocycles. The Morgan fingerprint density at radius 1 is 1.53 bits per heavy atom. The number of carbonyl (C=O) groups excluding carboxylic acids is 2. The Labute approximate surface area is 116 Å². The Hall–Kier alpha value is -1.56. The fourth-order valence-electron chi connectivity index (χ4n) is 2.08. The number of hydrogen-bond donors (Lipinski definition) is 1. The van der Waals surface area contributed by atoms with E-state index < -0.39 is 0 Å². The molecule has 6 heteroatoms. The van der Waals surface area contributed by atoms with Crippen molar-refractivity contribution in [1.82, 2.24) is 15.2 Å². The number of aromatic nitrogens is 1. The summed E-state index contributed by atoms with van der Waals surface area (Å²) < 4.78 is 0. The first kappa shape index (κ1) is 13.9. The highest BCUT2D eigenvalue weighted by atomic mass is 32.2. The van der Waals surface area contributed by atoms with E-state index in [1.165, 1.54) is 11.8 Å². The lowest BCUT2D eigenvalue weighted by atomic mass is 10.1. The van der Waals surface area contributed by atoms with Gasteiger partial charge in [0.1, 0.15) is 6.04 Å². The van der Waals surface area contributed by atoms with Crippen LogP contribution in [0.15, 0.2) is 29.4 Å². The zero-order chi connectivity index (χ0) is 13.7. The van der Waals surface area contributed by atoms with Crippen molar-refractivity contribution in [1.29, 1.82) is 0 Å². The first-order chi connectivity index (χ1) is 9.22. The molecule has 1 aliphatic rings. The van der Waals surface area contributed by atoms with E-state index in [4.69, 9.17) is 0 Å². The fourth-order valence-corrected chi connectivity index (χ4v) is 2.85. The third-order valence-electron chi connectivity index (χ3n) is 3.05. The van der Waals surface area contributed by atoms with Gasteiger partial charge in [-0.3, -0.25) is 14.6 Å². The molecule has 0 saturated carbocycles. The van der Waals surface area contributed by atoms with Gasteiger partial charge in [0.15, 0.2) is 0 Å². The van der Waals surface area contributed by atoms with Crippen molar-refractivity contribution in [3.05, 3.63) is 24.5 Å². The molecule has 2 amide bonds. The average molecular weight is 279 g/mol. The van der Waals surface area contributed by atoms with Crippen LogP contribution in [0.1, 0.15) is 13.3 Å². The highest BCUT2D eigenvalue weighted by molar-refractivity contribution is 8.00. The topological polar surface area (TPSA) is 62.3 Å². The second kappa shape index (κ2) is 6.56. The SMILES string of the molecule is CCC1C(=O)NCCN1C(=O)CSc1ccncc1. The van der Waals surface area contributed by atoms with Gasteiger partial charge in [-0.25, -0.2) is 0 Å². The number of piperazine rings is 1. The van der Waals surface area contributed by atoms with Crippen molar-refractivity contribution in [2.24, 2.45) is 0 Å². The molecule has 1 aromatic rings. The number of nitrogens with one attached hydrogen (secondary N) is 1. The normalized spacial score (nSPS) is 19.1. The molecular weight excluding hydrogens is 262 g/mol. The lowest BCUT2D eigenvalue weighted by Gasteiger charge is -2.34. The molecule has 102 valence electrons. The van der Waals surface area contributed by atoms with Crippen LogP contribution in [-0.4, -0.2) is 46.6 Å². The number of rotatable bonds is 4. The standard InChI is InChI=1S/C13H17N3O2S/c1-2-11-13(18)15-7-8-16(11)12(17)9-19-10-3-5-14-6-4-10/h3-6,11H,2,7-9H2,1H3,(H,15,18). The van der Waals surface area contributed by atoms with E-state index in [0.717, 1.165) is 4.90 Å². The summed E-state index contributed by atoms with van der Waals surface area (Å²) in [5.41, 5.74) is 0. The maximum Gasteiger partial charge on any atom is 0.242 e. The van der Waals surface area contributed by atoms with Crippen LogP contribution >= 0.6 is 11.8 Å². The third-order valence-corrected chi connectivity index (χ3v) is 4.05. The minimum absolute atomic E-state index is 0.0171. The van der Waals surface area contributed by atoms with Gasteiger partial charge in [-0.2, -0.15) is 0 Å². The van der Waals surface area contributed by atoms with Crippen molar-refractivity contribution >= 4 is 23.6 Å². The van der Waals surface area contributed by atoms with Gasteiger partial charge >= 0.3 is 0 Å². The van der Waals surface area contributed by atoms with Crippen molar-refractivity contribution in [3.63, 3.8) is 0 Å². The molecule has 19 heavy (non-hydrogen) atoms. The summed E-state index contributed by atoms with van der Waals surface area (Å²) in [6, 6.07) is 3.43. The quantitative estimate of drug-likeness (QED) is 0.832. The van der Waals surface area contributed by atoms with Crippen LogP contribution in [0.3, 0.4) is 0 Å². The van der Waals surface area contributed by atoms with Crippen LogP contribution < -0.4 is 5.32 Å². The molecule has 0 bridgehead atoms. The Kier molecular flexibility index (Phi) is 4.79. The molecule has 0 aliphatic carbocycles. The summed E-state index contributed by atoms with van der Waals surface area (Å²) in [4.78, 5) is 30.5. The molecule has 1 unspecified atom stereocenters. The van der Waals surface area contributed by atoms with E-state index in [1.807, 2.05) is 19.1 Å². The Morgan fingerprint density at radius 2 is 2.26 bits per heavy atom. The van der Waals surface area contributed by atoms with E-state index in [9.17, 15) is 9.59 Å². The van der Waals surface area contributed by atoms with Gasteiger partial charge in [0.05, 0.1) is 5.75 Å². The number of carbonyl (C=O) groups is 2. The second-order valence-corrected chi connectivity index (χ2v) is 5.32. The van der Waals surface area contributed by atoms with Gasteiger partial charge in [-0.15, -0.1) is 11.8 Å². The predicted molar refractivity (Wildman–Crippen MR) is 73.8 cm³/mol. The van der Waals surface area contributed by atoms with Crippen LogP contribution in [0, 0.1) is 0 Å². The first-order valence-corrected chi connectivity index (χ1v) is 7.31. The van der Waals surface area contributed by atoms with Crippen LogP contribution in [0.4, 0.5) is 0 Å². The molecule has 0 spiro atoms. The van der Waals surface area contributed by atoms with Crippen LogP contribution in [-0.2, 0) is 9.59 Å². The average Bonchev–Trinajstić information content (AvgIpc) is 2.45. The maximum absolute atomic E-state index is 12.2. The van der Waals surface area contributed by atoms with E-state index in [2.05, 4.69) is 10.3 Å².